The molecule has 3 rings (SSSR count). The Morgan fingerprint density at radius 1 is 1.10 bits per heavy atom. The van der Waals surface area contributed by atoms with Gasteiger partial charge in [0.25, 0.3) is 0 Å². The van der Waals surface area contributed by atoms with Crippen molar-refractivity contribution in [1.29, 1.82) is 0 Å². The zero-order chi connectivity index (χ0) is 14.8. The van der Waals surface area contributed by atoms with Crippen LogP contribution in [0.2, 0.25) is 0 Å². The van der Waals surface area contributed by atoms with Crippen molar-refractivity contribution >= 4 is 16.7 Å². The minimum absolute atomic E-state index is 0.0342. The Bertz CT molecular complexity index is 809. The first-order valence-electron chi connectivity index (χ1n) is 6.81. The average Bonchev–Trinajstić information content (AvgIpc) is 2.47. The van der Waals surface area contributed by atoms with Gasteiger partial charge in [-0.2, -0.15) is 4.57 Å². The van der Waals surface area contributed by atoms with Crippen molar-refractivity contribution in [1.82, 2.24) is 0 Å². The SMILES string of the molecule is Cc1ccc2c(ccc[n+]2CC(=O)c2ccc(F)cc2)c1. The number of pyridine rings is 1. The fraction of sp³-hybridized carbons (Fsp3) is 0.111. The van der Waals surface area contributed by atoms with Gasteiger partial charge in [0, 0.05) is 23.1 Å². The molecule has 0 aliphatic heterocycles. The Morgan fingerprint density at radius 3 is 2.62 bits per heavy atom. The zero-order valence-electron chi connectivity index (χ0n) is 11.7. The molecule has 0 atom stereocenters. The second-order valence-electron chi connectivity index (χ2n) is 5.13. The first kappa shape index (κ1) is 13.4. The van der Waals surface area contributed by atoms with Gasteiger partial charge in [-0.3, -0.25) is 4.79 Å². The number of carbonyl (C=O) groups is 1. The van der Waals surface area contributed by atoms with E-state index >= 15 is 0 Å². The van der Waals surface area contributed by atoms with Crippen molar-refractivity contribution in [3.63, 3.8) is 0 Å². The molecule has 3 heteroatoms. The number of hydrogen-bond donors (Lipinski definition) is 0. The lowest BCUT2D eigenvalue weighted by Crippen LogP contribution is -2.38. The number of aryl methyl sites for hydroxylation is 1. The first-order chi connectivity index (χ1) is 10.1. The minimum atomic E-state index is -0.333. The summed E-state index contributed by atoms with van der Waals surface area (Å²) in [4.78, 5) is 12.3. The molecule has 2 nitrogen and oxygen atoms in total. The van der Waals surface area contributed by atoms with Gasteiger partial charge >= 0.3 is 0 Å². The number of Topliss-reactive ketones (excluding diaryl/α,β-unsaturated/α-hetero) is 1. The van der Waals surface area contributed by atoms with E-state index in [1.54, 1.807) is 0 Å². The van der Waals surface area contributed by atoms with Gasteiger partial charge < -0.3 is 0 Å². The summed E-state index contributed by atoms with van der Waals surface area (Å²) in [6.07, 6.45) is 1.89. The van der Waals surface area contributed by atoms with Gasteiger partial charge in [-0.05, 0) is 43.3 Å². The molecule has 0 saturated heterocycles. The molecule has 2 aromatic carbocycles. The summed E-state index contributed by atoms with van der Waals surface area (Å²) in [5, 5.41) is 1.10. The van der Waals surface area contributed by atoms with Crippen molar-refractivity contribution in [2.45, 2.75) is 13.5 Å². The highest BCUT2D eigenvalue weighted by molar-refractivity contribution is 5.95. The van der Waals surface area contributed by atoms with Crippen LogP contribution in [0.4, 0.5) is 4.39 Å². The van der Waals surface area contributed by atoms with Crippen molar-refractivity contribution in [2.75, 3.05) is 0 Å². The third-order valence-electron chi connectivity index (χ3n) is 3.51. The van der Waals surface area contributed by atoms with Gasteiger partial charge in [-0.1, -0.05) is 11.6 Å². The molecule has 0 radical (unpaired) electrons. The number of hydrogen-bond acceptors (Lipinski definition) is 1. The number of aromatic nitrogens is 1. The van der Waals surface area contributed by atoms with E-state index in [0.29, 0.717) is 5.56 Å². The number of ketones is 1. The highest BCUT2D eigenvalue weighted by atomic mass is 19.1. The van der Waals surface area contributed by atoms with Crippen LogP contribution < -0.4 is 4.57 Å². The molecule has 0 bridgehead atoms. The Kier molecular flexibility index (Phi) is 3.48. The molecule has 21 heavy (non-hydrogen) atoms. The maximum absolute atomic E-state index is 12.9. The van der Waals surface area contributed by atoms with E-state index in [1.165, 1.54) is 29.8 Å². The van der Waals surface area contributed by atoms with E-state index in [-0.39, 0.29) is 18.1 Å². The standard InChI is InChI=1S/C18H15FNO/c1-13-4-9-17-15(11-13)3-2-10-20(17)12-18(21)14-5-7-16(19)8-6-14/h2-11H,12H2,1H3/q+1. The van der Waals surface area contributed by atoms with Crippen molar-refractivity contribution in [3.8, 4) is 0 Å². The molecule has 0 aliphatic carbocycles. The summed E-state index contributed by atoms with van der Waals surface area (Å²) in [6.45, 7) is 2.28. The fourth-order valence-electron chi connectivity index (χ4n) is 2.42. The van der Waals surface area contributed by atoms with E-state index in [4.69, 9.17) is 0 Å². The lowest BCUT2D eigenvalue weighted by Gasteiger charge is -2.02. The molecule has 0 fully saturated rings. The minimum Gasteiger partial charge on any atom is -0.287 e. The third-order valence-corrected chi connectivity index (χ3v) is 3.51. The van der Waals surface area contributed by atoms with Crippen molar-refractivity contribution in [3.05, 3.63) is 77.7 Å². The molecule has 1 heterocycles. The molecule has 0 unspecified atom stereocenters. The normalized spacial score (nSPS) is 10.8. The monoisotopic (exact) mass is 280 g/mol. The largest absolute Gasteiger partial charge is 0.287 e. The molecular weight excluding hydrogens is 265 g/mol. The van der Waals surface area contributed by atoms with Gasteiger partial charge in [0.2, 0.25) is 17.8 Å². The van der Waals surface area contributed by atoms with Crippen LogP contribution in [0.1, 0.15) is 15.9 Å². The molecule has 0 amide bonds. The molecule has 1 aromatic heterocycles. The smallest absolute Gasteiger partial charge is 0.227 e. The summed E-state index contributed by atoms with van der Waals surface area (Å²) in [5.74, 6) is -0.368. The van der Waals surface area contributed by atoms with E-state index in [9.17, 15) is 9.18 Å². The van der Waals surface area contributed by atoms with Gasteiger partial charge in [0.15, 0.2) is 6.20 Å². The highest BCUT2D eigenvalue weighted by Gasteiger charge is 2.15. The first-order valence-corrected chi connectivity index (χ1v) is 6.81. The molecular formula is C18H15FNO+. The van der Waals surface area contributed by atoms with Crippen LogP contribution in [0.3, 0.4) is 0 Å². The van der Waals surface area contributed by atoms with Gasteiger partial charge in [0.05, 0.1) is 0 Å². The number of rotatable bonds is 3. The number of fused-ring (bicyclic) bond motifs is 1. The van der Waals surface area contributed by atoms with Gasteiger partial charge in [0.1, 0.15) is 5.82 Å². The topological polar surface area (TPSA) is 20.9 Å². The summed E-state index contributed by atoms with van der Waals surface area (Å²) < 4.78 is 14.8. The van der Waals surface area contributed by atoms with Crippen LogP contribution >= 0.6 is 0 Å². The van der Waals surface area contributed by atoms with Crippen LogP contribution in [0, 0.1) is 12.7 Å². The predicted octanol–water partition coefficient (Wildman–Crippen LogP) is 3.46. The molecule has 0 saturated carbocycles. The summed E-state index contributed by atoms with van der Waals surface area (Å²) in [7, 11) is 0. The molecule has 104 valence electrons. The van der Waals surface area contributed by atoms with Gasteiger partial charge in [-0.25, -0.2) is 4.39 Å². The lowest BCUT2D eigenvalue weighted by atomic mass is 10.1. The van der Waals surface area contributed by atoms with E-state index < -0.39 is 0 Å². The Labute approximate surface area is 122 Å². The molecule has 0 spiro atoms. The summed E-state index contributed by atoms with van der Waals surface area (Å²) in [5.41, 5.74) is 2.72. The number of halogens is 1. The lowest BCUT2D eigenvalue weighted by molar-refractivity contribution is -0.657. The van der Waals surface area contributed by atoms with Crippen LogP contribution in [-0.2, 0) is 6.54 Å². The second-order valence-corrected chi connectivity index (χ2v) is 5.13. The van der Waals surface area contributed by atoms with Gasteiger partial charge in [-0.15, -0.1) is 0 Å². The van der Waals surface area contributed by atoms with E-state index in [1.807, 2.05) is 42.0 Å². The maximum Gasteiger partial charge on any atom is 0.227 e. The Balaban J connectivity index is 1.94. The van der Waals surface area contributed by atoms with Crippen LogP contribution in [-0.4, -0.2) is 5.78 Å². The summed E-state index contributed by atoms with van der Waals surface area (Å²) >= 11 is 0. The number of nitrogens with zero attached hydrogens (tertiary/aromatic N) is 1. The van der Waals surface area contributed by atoms with E-state index in [2.05, 4.69) is 6.07 Å². The Morgan fingerprint density at radius 2 is 1.86 bits per heavy atom. The average molecular weight is 280 g/mol. The number of benzene rings is 2. The Hall–Kier alpha value is -2.55. The highest BCUT2D eigenvalue weighted by Crippen LogP contribution is 2.12. The van der Waals surface area contributed by atoms with Crippen molar-refractivity contribution < 1.29 is 13.8 Å². The third kappa shape index (κ3) is 2.82. The van der Waals surface area contributed by atoms with Crippen LogP contribution in [0.25, 0.3) is 10.9 Å². The number of carbonyl (C=O) groups excluding carboxylic acids is 1. The molecule has 0 aliphatic rings. The maximum atomic E-state index is 12.9. The fourth-order valence-corrected chi connectivity index (χ4v) is 2.42. The van der Waals surface area contributed by atoms with E-state index in [0.717, 1.165) is 10.9 Å². The molecule has 0 N–H and O–H groups in total. The predicted molar refractivity (Wildman–Crippen MR) is 79.6 cm³/mol. The van der Waals surface area contributed by atoms with Crippen LogP contribution in [0.5, 0.6) is 0 Å². The van der Waals surface area contributed by atoms with Crippen molar-refractivity contribution in [2.24, 2.45) is 0 Å². The summed E-state index contributed by atoms with van der Waals surface area (Å²) in [6, 6.07) is 15.8. The second kappa shape index (κ2) is 5.44. The quantitative estimate of drug-likeness (QED) is 0.531. The molecule has 3 aromatic rings. The zero-order valence-corrected chi connectivity index (χ0v) is 11.7. The van der Waals surface area contributed by atoms with Crippen LogP contribution in [0.15, 0.2) is 60.8 Å².